The standard InChI is InChI=1S/C24H19NO5/c1-15-12-19(16(2)25(15)17-8-4-3-5-9-17)21(27)14-29-24(28)23-13-20(26)18-10-6-7-11-22(18)30-23/h3-13H,14H2,1-2H3. The van der Waals surface area contributed by atoms with E-state index in [2.05, 4.69) is 0 Å². The summed E-state index contributed by atoms with van der Waals surface area (Å²) in [4.78, 5) is 37.2. The first kappa shape index (κ1) is 19.4. The third-order valence-corrected chi connectivity index (χ3v) is 4.92. The van der Waals surface area contributed by atoms with Gasteiger partial charge in [-0.25, -0.2) is 4.79 Å². The molecule has 0 amide bonds. The third kappa shape index (κ3) is 3.55. The van der Waals surface area contributed by atoms with E-state index in [1.54, 1.807) is 30.3 Å². The van der Waals surface area contributed by atoms with Crippen molar-refractivity contribution in [2.75, 3.05) is 6.61 Å². The molecular formula is C24H19NO5. The van der Waals surface area contributed by atoms with E-state index >= 15 is 0 Å². The number of para-hydroxylation sites is 2. The van der Waals surface area contributed by atoms with E-state index in [-0.39, 0.29) is 22.6 Å². The lowest BCUT2D eigenvalue weighted by molar-refractivity contribution is 0.0444. The van der Waals surface area contributed by atoms with E-state index in [1.807, 2.05) is 48.7 Å². The lowest BCUT2D eigenvalue weighted by Crippen LogP contribution is -2.16. The number of ether oxygens (including phenoxy) is 1. The quantitative estimate of drug-likeness (QED) is 0.369. The van der Waals surface area contributed by atoms with Crippen LogP contribution in [0.2, 0.25) is 0 Å². The van der Waals surface area contributed by atoms with Crippen molar-refractivity contribution in [3.05, 3.63) is 99.7 Å². The summed E-state index contributed by atoms with van der Waals surface area (Å²) >= 11 is 0. The maximum Gasteiger partial charge on any atom is 0.374 e. The summed E-state index contributed by atoms with van der Waals surface area (Å²) in [6.45, 7) is 3.30. The highest BCUT2D eigenvalue weighted by Crippen LogP contribution is 2.21. The molecular weight excluding hydrogens is 382 g/mol. The van der Waals surface area contributed by atoms with Crippen molar-refractivity contribution >= 4 is 22.7 Å². The van der Waals surface area contributed by atoms with Crippen LogP contribution in [0.4, 0.5) is 0 Å². The number of aromatic nitrogens is 1. The van der Waals surface area contributed by atoms with Gasteiger partial charge in [0.1, 0.15) is 5.58 Å². The largest absolute Gasteiger partial charge is 0.451 e. The highest BCUT2D eigenvalue weighted by molar-refractivity contribution is 6.00. The zero-order valence-electron chi connectivity index (χ0n) is 16.5. The van der Waals surface area contributed by atoms with Crippen LogP contribution in [0, 0.1) is 13.8 Å². The molecule has 0 radical (unpaired) electrons. The van der Waals surface area contributed by atoms with Gasteiger partial charge in [-0.2, -0.15) is 0 Å². The molecule has 2 aromatic heterocycles. The number of fused-ring (bicyclic) bond motifs is 1. The molecule has 30 heavy (non-hydrogen) atoms. The van der Waals surface area contributed by atoms with E-state index in [1.165, 1.54) is 0 Å². The average molecular weight is 401 g/mol. The van der Waals surface area contributed by atoms with Crippen LogP contribution in [0.5, 0.6) is 0 Å². The van der Waals surface area contributed by atoms with Crippen molar-refractivity contribution < 1.29 is 18.7 Å². The Bertz CT molecular complexity index is 1310. The number of hydrogen-bond donors (Lipinski definition) is 0. The number of esters is 1. The molecule has 0 spiro atoms. The molecule has 0 aliphatic carbocycles. The Morgan fingerprint density at radius 3 is 2.43 bits per heavy atom. The van der Waals surface area contributed by atoms with Crippen molar-refractivity contribution in [1.29, 1.82) is 0 Å². The molecule has 0 bridgehead atoms. The molecule has 0 saturated carbocycles. The van der Waals surface area contributed by atoms with Gasteiger partial charge in [-0.1, -0.05) is 30.3 Å². The van der Waals surface area contributed by atoms with Gasteiger partial charge in [-0.3, -0.25) is 9.59 Å². The molecule has 6 nitrogen and oxygen atoms in total. The number of ketones is 1. The Kier molecular flexibility index (Phi) is 5.06. The van der Waals surface area contributed by atoms with Crippen LogP contribution in [-0.4, -0.2) is 22.9 Å². The summed E-state index contributed by atoms with van der Waals surface area (Å²) in [7, 11) is 0. The smallest absolute Gasteiger partial charge is 0.374 e. The number of benzene rings is 2. The Morgan fingerprint density at radius 1 is 0.967 bits per heavy atom. The van der Waals surface area contributed by atoms with Crippen LogP contribution in [-0.2, 0) is 4.74 Å². The van der Waals surface area contributed by atoms with E-state index in [4.69, 9.17) is 9.15 Å². The molecule has 2 aromatic carbocycles. The first-order valence-corrected chi connectivity index (χ1v) is 9.43. The van der Waals surface area contributed by atoms with Gasteiger partial charge in [0.2, 0.25) is 11.5 Å². The number of carbonyl (C=O) groups excluding carboxylic acids is 2. The average Bonchev–Trinajstić information content (AvgIpc) is 3.06. The molecule has 6 heteroatoms. The van der Waals surface area contributed by atoms with Crippen LogP contribution in [0.3, 0.4) is 0 Å². The predicted molar refractivity (Wildman–Crippen MR) is 112 cm³/mol. The zero-order chi connectivity index (χ0) is 21.3. The van der Waals surface area contributed by atoms with Gasteiger partial charge < -0.3 is 13.7 Å². The van der Waals surface area contributed by atoms with E-state index < -0.39 is 12.6 Å². The summed E-state index contributed by atoms with van der Waals surface area (Å²) in [6.07, 6.45) is 0. The highest BCUT2D eigenvalue weighted by atomic mass is 16.5. The fraction of sp³-hybridized carbons (Fsp3) is 0.125. The normalized spacial score (nSPS) is 10.9. The molecule has 0 aliphatic heterocycles. The first-order chi connectivity index (χ1) is 14.5. The van der Waals surface area contributed by atoms with Gasteiger partial charge in [0.25, 0.3) is 0 Å². The second kappa shape index (κ2) is 7.83. The topological polar surface area (TPSA) is 78.5 Å². The summed E-state index contributed by atoms with van der Waals surface area (Å²) in [5, 5.41) is 0.374. The van der Waals surface area contributed by atoms with Crippen LogP contribution < -0.4 is 5.43 Å². The van der Waals surface area contributed by atoms with Crippen LogP contribution in [0.15, 0.2) is 75.9 Å². The van der Waals surface area contributed by atoms with E-state index in [9.17, 15) is 14.4 Å². The predicted octanol–water partition coefficient (Wildman–Crippen LogP) is 4.24. The van der Waals surface area contributed by atoms with Gasteiger partial charge in [0.15, 0.2) is 12.0 Å². The maximum absolute atomic E-state index is 12.7. The second-order valence-corrected chi connectivity index (χ2v) is 6.93. The summed E-state index contributed by atoms with van der Waals surface area (Å²) in [5.41, 5.74) is 3.02. The Morgan fingerprint density at radius 2 is 1.67 bits per heavy atom. The van der Waals surface area contributed by atoms with Crippen LogP contribution >= 0.6 is 0 Å². The molecule has 0 atom stereocenters. The number of Topliss-reactive ketones (excluding diaryl/α,β-unsaturated/α-hetero) is 1. The van der Waals surface area contributed by atoms with Crippen LogP contribution in [0.1, 0.15) is 32.3 Å². The maximum atomic E-state index is 12.7. The molecule has 150 valence electrons. The minimum atomic E-state index is -0.858. The number of nitrogens with zero attached hydrogens (tertiary/aromatic N) is 1. The zero-order valence-corrected chi connectivity index (χ0v) is 16.5. The van der Waals surface area contributed by atoms with Crippen LogP contribution in [0.25, 0.3) is 16.7 Å². The minimum absolute atomic E-state index is 0.235. The molecule has 0 unspecified atom stereocenters. The molecule has 0 fully saturated rings. The van der Waals surface area contributed by atoms with Gasteiger partial charge in [0, 0.05) is 28.7 Å². The SMILES string of the molecule is Cc1cc(C(=O)COC(=O)c2cc(=O)c3ccccc3o2)c(C)n1-c1ccccc1. The number of carbonyl (C=O) groups is 2. The Hall–Kier alpha value is -3.93. The fourth-order valence-corrected chi connectivity index (χ4v) is 3.50. The highest BCUT2D eigenvalue weighted by Gasteiger charge is 2.20. The fourth-order valence-electron chi connectivity index (χ4n) is 3.50. The van der Waals surface area contributed by atoms with Crippen molar-refractivity contribution in [3.8, 4) is 5.69 Å². The molecule has 4 rings (SSSR count). The Balaban J connectivity index is 1.53. The van der Waals surface area contributed by atoms with E-state index in [0.29, 0.717) is 10.9 Å². The number of hydrogen-bond acceptors (Lipinski definition) is 5. The second-order valence-electron chi connectivity index (χ2n) is 6.93. The lowest BCUT2D eigenvalue weighted by atomic mass is 10.1. The van der Waals surface area contributed by atoms with E-state index in [0.717, 1.165) is 23.1 Å². The van der Waals surface area contributed by atoms with Gasteiger partial charge in [-0.05, 0) is 44.2 Å². The first-order valence-electron chi connectivity index (χ1n) is 9.43. The molecule has 2 heterocycles. The Labute approximate surface area is 172 Å². The third-order valence-electron chi connectivity index (χ3n) is 4.92. The number of rotatable bonds is 5. The monoisotopic (exact) mass is 401 g/mol. The van der Waals surface area contributed by atoms with Crippen molar-refractivity contribution in [1.82, 2.24) is 4.57 Å². The summed E-state index contributed by atoms with van der Waals surface area (Å²) < 4.78 is 12.6. The van der Waals surface area contributed by atoms with Crippen molar-refractivity contribution in [3.63, 3.8) is 0 Å². The molecule has 0 saturated heterocycles. The molecule has 0 aliphatic rings. The number of aryl methyl sites for hydroxylation is 1. The van der Waals surface area contributed by atoms with Gasteiger partial charge in [0.05, 0.1) is 5.39 Å². The van der Waals surface area contributed by atoms with Crippen molar-refractivity contribution in [2.45, 2.75) is 13.8 Å². The van der Waals surface area contributed by atoms with Gasteiger partial charge in [-0.15, -0.1) is 0 Å². The minimum Gasteiger partial charge on any atom is -0.451 e. The summed E-state index contributed by atoms with van der Waals surface area (Å²) in [5.74, 6) is -1.42. The lowest BCUT2D eigenvalue weighted by Gasteiger charge is -2.09. The molecule has 4 aromatic rings. The molecule has 0 N–H and O–H groups in total. The summed E-state index contributed by atoms with van der Waals surface area (Å²) in [6, 6.07) is 19.2. The van der Waals surface area contributed by atoms with Gasteiger partial charge >= 0.3 is 5.97 Å². The van der Waals surface area contributed by atoms with Crippen molar-refractivity contribution in [2.24, 2.45) is 0 Å².